The molecule has 1 atom stereocenters. The first-order chi connectivity index (χ1) is 10.6. The Labute approximate surface area is 133 Å². The lowest BCUT2D eigenvalue weighted by atomic mass is 9.98. The number of carbonyl (C=O) groups excluding carboxylic acids is 1. The average molecular weight is 318 g/mol. The molecule has 1 fully saturated rings. The van der Waals surface area contributed by atoms with Crippen molar-refractivity contribution in [3.63, 3.8) is 0 Å². The number of amides is 2. The van der Waals surface area contributed by atoms with Gasteiger partial charge in [0.2, 0.25) is 5.13 Å². The van der Waals surface area contributed by atoms with Gasteiger partial charge in [-0.2, -0.15) is 0 Å². The van der Waals surface area contributed by atoms with Gasteiger partial charge in [0.25, 0.3) is 0 Å². The molecule has 6 nitrogen and oxygen atoms in total. The van der Waals surface area contributed by atoms with Crippen molar-refractivity contribution >= 4 is 22.5 Å². The second-order valence-corrected chi connectivity index (χ2v) is 6.64. The fourth-order valence-electron chi connectivity index (χ4n) is 2.46. The number of carbonyl (C=O) groups is 1. The van der Waals surface area contributed by atoms with Crippen LogP contribution in [-0.2, 0) is 4.74 Å². The van der Waals surface area contributed by atoms with E-state index in [1.54, 1.807) is 10.4 Å². The first kappa shape index (κ1) is 14.9. The molecule has 0 spiro atoms. The molecule has 0 bridgehead atoms. The third kappa shape index (κ3) is 3.10. The Bertz CT molecular complexity index is 630. The average Bonchev–Trinajstić information content (AvgIpc) is 3.00. The minimum Gasteiger partial charge on any atom is -0.369 e. The monoisotopic (exact) mass is 318 g/mol. The number of urea groups is 1. The van der Waals surface area contributed by atoms with E-state index in [0.29, 0.717) is 18.3 Å². The molecule has 116 valence electrons. The van der Waals surface area contributed by atoms with Crippen LogP contribution in [-0.4, -0.2) is 39.8 Å². The predicted molar refractivity (Wildman–Crippen MR) is 84.8 cm³/mol. The standard InChI is InChI=1S/C15H18N4O2S/c1-15(2)9-21-12(11-6-4-3-5-7-11)8-19(15)14(20)17-13-18-16-10-22-13/h3-7,10,12H,8-9H2,1-2H3,(H,17,18,20). The normalized spacial score (nSPS) is 20.6. The summed E-state index contributed by atoms with van der Waals surface area (Å²) in [6.45, 7) is 4.97. The van der Waals surface area contributed by atoms with E-state index >= 15 is 0 Å². The molecule has 2 heterocycles. The van der Waals surface area contributed by atoms with Gasteiger partial charge in [-0.05, 0) is 19.4 Å². The largest absolute Gasteiger partial charge is 0.369 e. The van der Waals surface area contributed by atoms with Crippen LogP contribution in [0.2, 0.25) is 0 Å². The lowest BCUT2D eigenvalue weighted by Crippen LogP contribution is -2.57. The molecular weight excluding hydrogens is 300 g/mol. The van der Waals surface area contributed by atoms with Gasteiger partial charge in [0.1, 0.15) is 11.6 Å². The zero-order chi connectivity index (χ0) is 15.6. The number of rotatable bonds is 2. The van der Waals surface area contributed by atoms with Crippen LogP contribution in [0.1, 0.15) is 25.5 Å². The molecule has 1 aromatic heterocycles. The van der Waals surface area contributed by atoms with Gasteiger partial charge in [-0.25, -0.2) is 4.79 Å². The van der Waals surface area contributed by atoms with Gasteiger partial charge < -0.3 is 9.64 Å². The lowest BCUT2D eigenvalue weighted by molar-refractivity contribution is -0.0783. The summed E-state index contributed by atoms with van der Waals surface area (Å²) in [5.41, 5.74) is 2.29. The Balaban J connectivity index is 1.76. The number of hydrogen-bond acceptors (Lipinski definition) is 5. The van der Waals surface area contributed by atoms with Crippen molar-refractivity contribution in [2.24, 2.45) is 0 Å². The van der Waals surface area contributed by atoms with Crippen molar-refractivity contribution in [1.82, 2.24) is 15.1 Å². The number of aromatic nitrogens is 2. The maximum Gasteiger partial charge on any atom is 0.324 e. The highest BCUT2D eigenvalue weighted by atomic mass is 32.1. The number of anilines is 1. The molecule has 1 aliphatic heterocycles. The van der Waals surface area contributed by atoms with Crippen LogP contribution in [0.15, 0.2) is 35.8 Å². The van der Waals surface area contributed by atoms with E-state index < -0.39 is 0 Å². The van der Waals surface area contributed by atoms with Crippen molar-refractivity contribution in [3.05, 3.63) is 41.4 Å². The van der Waals surface area contributed by atoms with Crippen LogP contribution in [0, 0.1) is 0 Å². The molecule has 0 radical (unpaired) electrons. The number of nitrogens with one attached hydrogen (secondary N) is 1. The quantitative estimate of drug-likeness (QED) is 0.924. The van der Waals surface area contributed by atoms with Gasteiger partial charge in [-0.15, -0.1) is 10.2 Å². The minimum atomic E-state index is -0.375. The zero-order valence-electron chi connectivity index (χ0n) is 12.5. The number of morpholine rings is 1. The first-order valence-corrected chi connectivity index (χ1v) is 7.95. The molecular formula is C15H18N4O2S. The van der Waals surface area contributed by atoms with E-state index in [4.69, 9.17) is 4.74 Å². The first-order valence-electron chi connectivity index (χ1n) is 7.07. The van der Waals surface area contributed by atoms with Crippen molar-refractivity contribution in [2.45, 2.75) is 25.5 Å². The Kier molecular flexibility index (Phi) is 4.08. The van der Waals surface area contributed by atoms with Gasteiger partial charge in [0.15, 0.2) is 0 Å². The van der Waals surface area contributed by atoms with Crippen LogP contribution in [0.3, 0.4) is 0 Å². The summed E-state index contributed by atoms with van der Waals surface area (Å²) in [5.74, 6) is 0. The minimum absolute atomic E-state index is 0.116. The summed E-state index contributed by atoms with van der Waals surface area (Å²) < 4.78 is 5.95. The van der Waals surface area contributed by atoms with Gasteiger partial charge >= 0.3 is 6.03 Å². The highest BCUT2D eigenvalue weighted by Crippen LogP contribution is 2.30. The van der Waals surface area contributed by atoms with E-state index in [1.165, 1.54) is 11.3 Å². The zero-order valence-corrected chi connectivity index (χ0v) is 13.3. The van der Waals surface area contributed by atoms with E-state index in [-0.39, 0.29) is 17.7 Å². The molecule has 0 aliphatic carbocycles. The molecule has 3 rings (SSSR count). The van der Waals surface area contributed by atoms with Gasteiger partial charge in [-0.3, -0.25) is 5.32 Å². The molecule has 2 aromatic rings. The number of ether oxygens (including phenoxy) is 1. The lowest BCUT2D eigenvalue weighted by Gasteiger charge is -2.45. The molecule has 2 amide bonds. The molecule has 1 saturated heterocycles. The third-order valence-corrected chi connectivity index (χ3v) is 4.31. The Morgan fingerprint density at radius 2 is 2.18 bits per heavy atom. The SMILES string of the molecule is CC1(C)COC(c2ccccc2)CN1C(=O)Nc1nncs1. The van der Waals surface area contributed by atoms with Crippen LogP contribution in [0.5, 0.6) is 0 Å². The van der Waals surface area contributed by atoms with Crippen LogP contribution < -0.4 is 5.32 Å². The predicted octanol–water partition coefficient (Wildman–Crippen LogP) is 2.92. The summed E-state index contributed by atoms with van der Waals surface area (Å²) in [6, 6.07) is 9.78. The second kappa shape index (κ2) is 6.02. The van der Waals surface area contributed by atoms with E-state index in [0.717, 1.165) is 5.56 Å². The van der Waals surface area contributed by atoms with Crippen molar-refractivity contribution in [2.75, 3.05) is 18.5 Å². The van der Waals surface area contributed by atoms with E-state index in [2.05, 4.69) is 15.5 Å². The van der Waals surface area contributed by atoms with Crippen molar-refractivity contribution < 1.29 is 9.53 Å². The number of hydrogen-bond donors (Lipinski definition) is 1. The number of benzene rings is 1. The molecule has 7 heteroatoms. The molecule has 1 unspecified atom stereocenters. The molecule has 1 N–H and O–H groups in total. The fourth-order valence-corrected chi connectivity index (χ4v) is 2.90. The highest BCUT2D eigenvalue weighted by molar-refractivity contribution is 7.13. The molecule has 1 aliphatic rings. The van der Waals surface area contributed by atoms with Crippen LogP contribution >= 0.6 is 11.3 Å². The van der Waals surface area contributed by atoms with E-state index in [9.17, 15) is 4.79 Å². The maximum atomic E-state index is 12.6. The van der Waals surface area contributed by atoms with Crippen molar-refractivity contribution in [3.8, 4) is 0 Å². The van der Waals surface area contributed by atoms with Gasteiger partial charge in [-0.1, -0.05) is 41.7 Å². The third-order valence-electron chi connectivity index (χ3n) is 3.71. The van der Waals surface area contributed by atoms with Gasteiger partial charge in [0.05, 0.1) is 18.7 Å². The highest BCUT2D eigenvalue weighted by Gasteiger charge is 2.38. The topological polar surface area (TPSA) is 67.3 Å². The number of nitrogens with zero attached hydrogens (tertiary/aromatic N) is 3. The Morgan fingerprint density at radius 3 is 2.86 bits per heavy atom. The van der Waals surface area contributed by atoms with Crippen molar-refractivity contribution in [1.29, 1.82) is 0 Å². The summed E-state index contributed by atoms with van der Waals surface area (Å²) in [6.07, 6.45) is -0.116. The fraction of sp³-hybridized carbons (Fsp3) is 0.400. The summed E-state index contributed by atoms with van der Waals surface area (Å²) in [5, 5.41) is 10.9. The van der Waals surface area contributed by atoms with Crippen LogP contribution in [0.25, 0.3) is 0 Å². The Morgan fingerprint density at radius 1 is 1.41 bits per heavy atom. The molecule has 1 aromatic carbocycles. The smallest absolute Gasteiger partial charge is 0.324 e. The summed E-state index contributed by atoms with van der Waals surface area (Å²) in [4.78, 5) is 14.4. The molecule has 22 heavy (non-hydrogen) atoms. The summed E-state index contributed by atoms with van der Waals surface area (Å²) in [7, 11) is 0. The Hall–Kier alpha value is -1.99. The second-order valence-electron chi connectivity index (χ2n) is 5.81. The van der Waals surface area contributed by atoms with Gasteiger partial charge in [0, 0.05) is 0 Å². The summed E-state index contributed by atoms with van der Waals surface area (Å²) >= 11 is 1.30. The van der Waals surface area contributed by atoms with E-state index in [1.807, 2.05) is 44.2 Å². The maximum absolute atomic E-state index is 12.6. The molecule has 0 saturated carbocycles. The van der Waals surface area contributed by atoms with Crippen LogP contribution in [0.4, 0.5) is 9.93 Å².